The summed E-state index contributed by atoms with van der Waals surface area (Å²) in [5.41, 5.74) is 2.47. The number of nitrogens with two attached hydrogens (primary N) is 1. The molecule has 0 bridgehead atoms. The molecule has 0 aliphatic heterocycles. The molecule has 1 aliphatic rings. The van der Waals surface area contributed by atoms with E-state index >= 15 is 0 Å². The zero-order chi connectivity index (χ0) is 13.7. The lowest BCUT2D eigenvalue weighted by atomic mass is 10.3. The molecule has 0 aromatic carbocycles. The number of carbonyl (C=O) groups is 1. The van der Waals surface area contributed by atoms with Crippen molar-refractivity contribution in [3.05, 3.63) is 10.8 Å². The Bertz CT molecular complexity index is 451. The second-order valence-corrected chi connectivity index (χ2v) is 5.19. The van der Waals surface area contributed by atoms with Crippen LogP contribution in [-0.4, -0.2) is 28.5 Å². The summed E-state index contributed by atoms with van der Waals surface area (Å²) < 4.78 is 0.680. The molecule has 0 unspecified atom stereocenters. The molecule has 1 aromatic heterocycles. The highest BCUT2D eigenvalue weighted by Gasteiger charge is 2.22. The van der Waals surface area contributed by atoms with Gasteiger partial charge in [-0.3, -0.25) is 4.79 Å². The largest absolute Gasteiger partial charge is 0.369 e. The van der Waals surface area contributed by atoms with E-state index in [2.05, 4.69) is 42.0 Å². The number of aromatic nitrogens is 2. The topological polar surface area (TPSA) is 105 Å². The van der Waals surface area contributed by atoms with Crippen molar-refractivity contribution < 1.29 is 4.79 Å². The second-order valence-electron chi connectivity index (χ2n) is 4.40. The zero-order valence-corrected chi connectivity index (χ0v) is 12.0. The lowest BCUT2D eigenvalue weighted by Gasteiger charge is -2.09. The number of halogens is 1. The second kappa shape index (κ2) is 6.67. The molecule has 1 aromatic rings. The summed E-state index contributed by atoms with van der Waals surface area (Å²) in [6, 6.07) is 0.426. The van der Waals surface area contributed by atoms with Gasteiger partial charge in [-0.15, -0.1) is 0 Å². The lowest BCUT2D eigenvalue weighted by Crippen LogP contribution is -2.25. The van der Waals surface area contributed by atoms with Crippen LogP contribution in [0.25, 0.3) is 0 Å². The number of amides is 1. The summed E-state index contributed by atoms with van der Waals surface area (Å²) in [5.74, 6) is 6.61. The van der Waals surface area contributed by atoms with Crippen LogP contribution in [0.15, 0.2) is 10.8 Å². The van der Waals surface area contributed by atoms with Crippen LogP contribution in [-0.2, 0) is 4.79 Å². The van der Waals surface area contributed by atoms with E-state index < -0.39 is 0 Å². The van der Waals surface area contributed by atoms with Crippen molar-refractivity contribution in [3.63, 3.8) is 0 Å². The molecular formula is C11H17BrN6O. The third-order valence-corrected chi connectivity index (χ3v) is 3.49. The minimum Gasteiger partial charge on any atom is -0.369 e. The number of hydrogen-bond acceptors (Lipinski definition) is 6. The first-order valence-corrected chi connectivity index (χ1v) is 7.00. The summed E-state index contributed by atoms with van der Waals surface area (Å²) >= 11 is 3.35. The van der Waals surface area contributed by atoms with E-state index in [1.54, 1.807) is 0 Å². The van der Waals surface area contributed by atoms with Gasteiger partial charge >= 0.3 is 0 Å². The first-order valence-electron chi connectivity index (χ1n) is 6.21. The third kappa shape index (κ3) is 4.32. The number of rotatable bonds is 7. The Kier molecular flexibility index (Phi) is 4.92. The van der Waals surface area contributed by atoms with Gasteiger partial charge in [-0.05, 0) is 35.2 Å². The Balaban J connectivity index is 1.71. The van der Waals surface area contributed by atoms with Gasteiger partial charge in [-0.1, -0.05) is 0 Å². The van der Waals surface area contributed by atoms with Crippen LogP contribution < -0.4 is 21.9 Å². The van der Waals surface area contributed by atoms with Crippen molar-refractivity contribution in [2.24, 2.45) is 5.84 Å². The van der Waals surface area contributed by atoms with Gasteiger partial charge in [0.05, 0.1) is 0 Å². The predicted molar refractivity (Wildman–Crippen MR) is 76.4 cm³/mol. The van der Waals surface area contributed by atoms with Gasteiger partial charge in [-0.2, -0.15) is 0 Å². The molecule has 5 N–H and O–H groups in total. The summed E-state index contributed by atoms with van der Waals surface area (Å²) in [6.45, 7) is 0.664. The predicted octanol–water partition coefficient (Wildman–Crippen LogP) is 0.995. The van der Waals surface area contributed by atoms with Gasteiger partial charge < -0.3 is 16.1 Å². The van der Waals surface area contributed by atoms with Crippen LogP contribution in [0, 0.1) is 0 Å². The molecule has 104 valence electrons. The number of anilines is 2. The number of nitrogens with zero attached hydrogens (tertiary/aromatic N) is 2. The van der Waals surface area contributed by atoms with Gasteiger partial charge in [0.2, 0.25) is 5.91 Å². The maximum atomic E-state index is 11.5. The standard InChI is InChI=1S/C11H17BrN6O/c12-9-10(15-6-16-11(9)18-13)14-5-1-2-8(19)17-7-3-4-7/h6-7H,1-5,13H2,(H,17,19)(H2,14,15,16,18). The maximum Gasteiger partial charge on any atom is 0.220 e. The Morgan fingerprint density at radius 3 is 2.84 bits per heavy atom. The average molecular weight is 329 g/mol. The fourth-order valence-electron chi connectivity index (χ4n) is 1.58. The maximum absolute atomic E-state index is 11.5. The van der Waals surface area contributed by atoms with E-state index in [0.29, 0.717) is 35.1 Å². The lowest BCUT2D eigenvalue weighted by molar-refractivity contribution is -0.121. The summed E-state index contributed by atoms with van der Waals surface area (Å²) in [7, 11) is 0. The van der Waals surface area contributed by atoms with Crippen molar-refractivity contribution in [2.75, 3.05) is 17.3 Å². The SMILES string of the molecule is NNc1ncnc(NCCCC(=O)NC2CC2)c1Br. The van der Waals surface area contributed by atoms with Gasteiger partial charge in [0.25, 0.3) is 0 Å². The summed E-state index contributed by atoms with van der Waals surface area (Å²) in [6.07, 6.45) is 4.93. The van der Waals surface area contributed by atoms with Crippen molar-refractivity contribution in [1.82, 2.24) is 15.3 Å². The molecule has 0 spiro atoms. The molecule has 19 heavy (non-hydrogen) atoms. The van der Waals surface area contributed by atoms with E-state index in [1.165, 1.54) is 6.33 Å². The number of carbonyl (C=O) groups excluding carboxylic acids is 1. The highest BCUT2D eigenvalue weighted by molar-refractivity contribution is 9.10. The molecule has 1 saturated carbocycles. The molecule has 0 atom stereocenters. The zero-order valence-electron chi connectivity index (χ0n) is 10.4. The van der Waals surface area contributed by atoms with Crippen molar-refractivity contribution in [2.45, 2.75) is 31.7 Å². The molecule has 2 rings (SSSR count). The molecule has 8 heteroatoms. The van der Waals surface area contributed by atoms with E-state index in [9.17, 15) is 4.79 Å². The van der Waals surface area contributed by atoms with Crippen LogP contribution in [0.2, 0.25) is 0 Å². The fraction of sp³-hybridized carbons (Fsp3) is 0.545. The Morgan fingerprint density at radius 2 is 2.16 bits per heavy atom. The van der Waals surface area contributed by atoms with Crippen LogP contribution in [0.5, 0.6) is 0 Å². The minimum atomic E-state index is 0.121. The summed E-state index contributed by atoms with van der Waals surface area (Å²) in [5, 5.41) is 6.09. The van der Waals surface area contributed by atoms with Crippen LogP contribution in [0.3, 0.4) is 0 Å². The fourth-order valence-corrected chi connectivity index (χ4v) is 2.04. The number of hydrogen-bond donors (Lipinski definition) is 4. The molecule has 0 radical (unpaired) electrons. The molecule has 7 nitrogen and oxygen atoms in total. The molecule has 1 heterocycles. The minimum absolute atomic E-state index is 0.121. The molecule has 1 fully saturated rings. The van der Waals surface area contributed by atoms with E-state index in [4.69, 9.17) is 5.84 Å². The van der Waals surface area contributed by atoms with E-state index in [0.717, 1.165) is 19.3 Å². The highest BCUT2D eigenvalue weighted by atomic mass is 79.9. The van der Waals surface area contributed by atoms with Crippen molar-refractivity contribution in [3.8, 4) is 0 Å². The molecule has 0 saturated heterocycles. The molecular weight excluding hydrogens is 312 g/mol. The van der Waals surface area contributed by atoms with Gasteiger partial charge in [-0.25, -0.2) is 15.8 Å². The Hall–Kier alpha value is -1.41. The first kappa shape index (κ1) is 14.0. The molecule has 1 aliphatic carbocycles. The average Bonchev–Trinajstić information content (AvgIpc) is 3.20. The van der Waals surface area contributed by atoms with Crippen molar-refractivity contribution >= 4 is 33.5 Å². The third-order valence-electron chi connectivity index (χ3n) is 2.74. The first-order chi connectivity index (χ1) is 9.20. The number of nitrogen functional groups attached to an aromatic ring is 1. The quantitative estimate of drug-likeness (QED) is 0.338. The van der Waals surface area contributed by atoms with Crippen LogP contribution in [0.4, 0.5) is 11.6 Å². The number of nitrogens with one attached hydrogen (secondary N) is 3. The van der Waals surface area contributed by atoms with Crippen LogP contribution >= 0.6 is 15.9 Å². The molecule has 1 amide bonds. The number of hydrazine groups is 1. The smallest absolute Gasteiger partial charge is 0.220 e. The van der Waals surface area contributed by atoms with Gasteiger partial charge in [0.1, 0.15) is 16.6 Å². The van der Waals surface area contributed by atoms with Crippen LogP contribution in [0.1, 0.15) is 25.7 Å². The summed E-state index contributed by atoms with van der Waals surface area (Å²) in [4.78, 5) is 19.5. The monoisotopic (exact) mass is 328 g/mol. The Morgan fingerprint density at radius 1 is 1.42 bits per heavy atom. The highest BCUT2D eigenvalue weighted by Crippen LogP contribution is 2.25. The van der Waals surface area contributed by atoms with Gasteiger partial charge in [0.15, 0.2) is 5.82 Å². The Labute approximate surface area is 119 Å². The van der Waals surface area contributed by atoms with Crippen molar-refractivity contribution in [1.29, 1.82) is 0 Å². The normalized spacial score (nSPS) is 14.0. The van der Waals surface area contributed by atoms with Gasteiger partial charge in [0, 0.05) is 19.0 Å². The van der Waals surface area contributed by atoms with E-state index in [-0.39, 0.29) is 5.91 Å². The van der Waals surface area contributed by atoms with E-state index in [1.807, 2.05) is 0 Å².